The van der Waals surface area contributed by atoms with Crippen LogP contribution in [0.3, 0.4) is 0 Å². The molecule has 0 amide bonds. The Hall–Kier alpha value is -1.41. The minimum Gasteiger partial charge on any atom is -0.296 e. The van der Waals surface area contributed by atoms with E-state index in [-0.39, 0.29) is 0 Å². The Morgan fingerprint density at radius 3 is 3.11 bits per heavy atom. The van der Waals surface area contributed by atoms with Crippen LogP contribution in [0.5, 0.6) is 0 Å². The minimum absolute atomic E-state index is 0.587. The van der Waals surface area contributed by atoms with E-state index in [1.54, 1.807) is 0 Å². The molecule has 0 bridgehead atoms. The molecule has 0 spiro atoms. The lowest BCUT2D eigenvalue weighted by Gasteiger charge is -2.24. The van der Waals surface area contributed by atoms with Crippen molar-refractivity contribution in [3.8, 4) is 0 Å². The van der Waals surface area contributed by atoms with E-state index in [0.717, 1.165) is 5.52 Å². The third-order valence-electron chi connectivity index (χ3n) is 4.16. The molecule has 2 nitrogen and oxygen atoms in total. The van der Waals surface area contributed by atoms with Gasteiger partial charge in [-0.1, -0.05) is 31.5 Å². The third-order valence-corrected chi connectivity index (χ3v) is 4.16. The van der Waals surface area contributed by atoms with Crippen LogP contribution in [0.2, 0.25) is 0 Å². The number of rotatable bonds is 4. The Morgan fingerprint density at radius 2 is 2.21 bits per heavy atom. The zero-order valence-corrected chi connectivity index (χ0v) is 11.7. The van der Waals surface area contributed by atoms with Crippen LogP contribution in [-0.4, -0.2) is 23.0 Å². The summed E-state index contributed by atoms with van der Waals surface area (Å²) in [6.45, 7) is 4.74. The zero-order chi connectivity index (χ0) is 13.1. The Balaban J connectivity index is 1.86. The maximum atomic E-state index is 4.61. The van der Waals surface area contributed by atoms with Gasteiger partial charge < -0.3 is 0 Å². The van der Waals surface area contributed by atoms with Gasteiger partial charge in [-0.2, -0.15) is 0 Å². The van der Waals surface area contributed by atoms with E-state index in [4.69, 9.17) is 0 Å². The highest BCUT2D eigenvalue weighted by Gasteiger charge is 2.25. The molecule has 0 saturated carbocycles. The fourth-order valence-corrected chi connectivity index (χ4v) is 3.10. The number of benzene rings is 1. The van der Waals surface area contributed by atoms with Crippen molar-refractivity contribution >= 4 is 10.9 Å². The quantitative estimate of drug-likeness (QED) is 0.814. The average Bonchev–Trinajstić information content (AvgIpc) is 2.93. The molecule has 2 aromatic rings. The lowest BCUT2D eigenvalue weighted by atomic mass is 10.0. The van der Waals surface area contributed by atoms with Gasteiger partial charge in [-0.25, -0.2) is 0 Å². The van der Waals surface area contributed by atoms with Crippen LogP contribution in [0.1, 0.15) is 44.2 Å². The molecule has 0 radical (unpaired) electrons. The van der Waals surface area contributed by atoms with E-state index in [9.17, 15) is 0 Å². The number of nitrogens with zero attached hydrogens (tertiary/aromatic N) is 2. The number of para-hydroxylation sites is 1. The Bertz CT molecular complexity index is 550. The van der Waals surface area contributed by atoms with Crippen LogP contribution in [0.25, 0.3) is 10.9 Å². The minimum atomic E-state index is 0.587. The number of fused-ring (bicyclic) bond motifs is 1. The molecule has 1 atom stereocenters. The number of likely N-dealkylation sites (tertiary alicyclic amines) is 1. The number of hydrogen-bond donors (Lipinski definition) is 0. The molecule has 1 aliphatic heterocycles. The van der Waals surface area contributed by atoms with Crippen molar-refractivity contribution in [2.75, 3.05) is 13.1 Å². The van der Waals surface area contributed by atoms with Crippen molar-refractivity contribution in [2.45, 2.75) is 38.6 Å². The van der Waals surface area contributed by atoms with Crippen molar-refractivity contribution < 1.29 is 0 Å². The van der Waals surface area contributed by atoms with Gasteiger partial charge in [0.1, 0.15) is 0 Å². The van der Waals surface area contributed by atoms with Crippen LogP contribution >= 0.6 is 0 Å². The Labute approximate surface area is 115 Å². The van der Waals surface area contributed by atoms with Crippen LogP contribution in [0.4, 0.5) is 0 Å². The maximum Gasteiger partial charge on any atom is 0.0702 e. The van der Waals surface area contributed by atoms with Gasteiger partial charge >= 0.3 is 0 Å². The van der Waals surface area contributed by atoms with Gasteiger partial charge in [0.25, 0.3) is 0 Å². The lowest BCUT2D eigenvalue weighted by molar-refractivity contribution is 0.253. The second kappa shape index (κ2) is 5.70. The number of hydrogen-bond acceptors (Lipinski definition) is 2. The largest absolute Gasteiger partial charge is 0.296 e. The second-order valence-electron chi connectivity index (χ2n) is 5.51. The molecule has 2 heterocycles. The summed E-state index contributed by atoms with van der Waals surface area (Å²) in [7, 11) is 0. The van der Waals surface area contributed by atoms with E-state index >= 15 is 0 Å². The summed E-state index contributed by atoms with van der Waals surface area (Å²) in [5.74, 6) is 0. The lowest BCUT2D eigenvalue weighted by Crippen LogP contribution is -2.24. The highest BCUT2D eigenvalue weighted by molar-refractivity contribution is 5.78. The summed E-state index contributed by atoms with van der Waals surface area (Å²) < 4.78 is 0. The second-order valence-corrected chi connectivity index (χ2v) is 5.51. The smallest absolute Gasteiger partial charge is 0.0702 e. The molecule has 2 heteroatoms. The average molecular weight is 254 g/mol. The number of aromatic nitrogens is 1. The summed E-state index contributed by atoms with van der Waals surface area (Å²) in [6, 6.07) is 11.3. The summed E-state index contributed by atoms with van der Waals surface area (Å²) in [5, 5.41) is 1.27. The molecule has 0 unspecified atom stereocenters. The van der Waals surface area contributed by atoms with Crippen LogP contribution in [-0.2, 0) is 0 Å². The first-order valence-corrected chi connectivity index (χ1v) is 7.47. The third kappa shape index (κ3) is 2.64. The molecule has 0 aliphatic carbocycles. The first kappa shape index (κ1) is 12.6. The first-order valence-electron chi connectivity index (χ1n) is 7.47. The standard InChI is InChI=1S/C17H22N2/c1-2-3-10-19-11-6-9-17(19)15-12-14-7-4-5-8-16(14)18-13-15/h4-5,7-8,12-13,17H,2-3,6,9-11H2,1H3/t17-/m0/s1. The Morgan fingerprint density at radius 1 is 1.32 bits per heavy atom. The van der Waals surface area contributed by atoms with E-state index in [1.165, 1.54) is 49.7 Å². The van der Waals surface area contributed by atoms with Gasteiger partial charge in [0.2, 0.25) is 0 Å². The van der Waals surface area contributed by atoms with Gasteiger partial charge in [0.15, 0.2) is 0 Å². The molecule has 1 aliphatic rings. The van der Waals surface area contributed by atoms with Crippen LogP contribution < -0.4 is 0 Å². The van der Waals surface area contributed by atoms with Gasteiger partial charge in [-0.05, 0) is 50.0 Å². The summed E-state index contributed by atoms with van der Waals surface area (Å²) in [5.41, 5.74) is 2.50. The monoisotopic (exact) mass is 254 g/mol. The molecule has 0 N–H and O–H groups in total. The highest BCUT2D eigenvalue weighted by Crippen LogP contribution is 2.32. The fourth-order valence-electron chi connectivity index (χ4n) is 3.10. The first-order chi connectivity index (χ1) is 9.38. The predicted molar refractivity (Wildman–Crippen MR) is 80.2 cm³/mol. The van der Waals surface area contributed by atoms with E-state index < -0.39 is 0 Å². The molecule has 100 valence electrons. The molecule has 1 saturated heterocycles. The van der Waals surface area contributed by atoms with Crippen molar-refractivity contribution in [3.05, 3.63) is 42.1 Å². The highest BCUT2D eigenvalue weighted by atomic mass is 15.2. The van der Waals surface area contributed by atoms with Crippen molar-refractivity contribution in [2.24, 2.45) is 0 Å². The van der Waals surface area contributed by atoms with Gasteiger partial charge in [-0.15, -0.1) is 0 Å². The molecule has 1 fully saturated rings. The fraction of sp³-hybridized carbons (Fsp3) is 0.471. The van der Waals surface area contributed by atoms with E-state index in [2.05, 4.69) is 53.3 Å². The normalized spacial score (nSPS) is 20.2. The SMILES string of the molecule is CCCCN1CCC[C@H]1c1cnc2ccccc2c1. The van der Waals surface area contributed by atoms with Crippen molar-refractivity contribution in [3.63, 3.8) is 0 Å². The summed E-state index contributed by atoms with van der Waals surface area (Å²) in [6.07, 6.45) is 7.26. The molecule has 1 aromatic heterocycles. The van der Waals surface area contributed by atoms with Crippen LogP contribution in [0.15, 0.2) is 36.5 Å². The van der Waals surface area contributed by atoms with Crippen molar-refractivity contribution in [1.29, 1.82) is 0 Å². The molecule has 1 aromatic carbocycles. The maximum absolute atomic E-state index is 4.61. The van der Waals surface area contributed by atoms with Crippen molar-refractivity contribution in [1.82, 2.24) is 9.88 Å². The van der Waals surface area contributed by atoms with Gasteiger partial charge in [-0.3, -0.25) is 9.88 Å². The van der Waals surface area contributed by atoms with Gasteiger partial charge in [0, 0.05) is 17.6 Å². The van der Waals surface area contributed by atoms with E-state index in [0.29, 0.717) is 6.04 Å². The summed E-state index contributed by atoms with van der Waals surface area (Å²) >= 11 is 0. The number of pyridine rings is 1. The van der Waals surface area contributed by atoms with E-state index in [1.807, 2.05) is 0 Å². The Kier molecular flexibility index (Phi) is 3.79. The van der Waals surface area contributed by atoms with Gasteiger partial charge in [0.05, 0.1) is 5.52 Å². The predicted octanol–water partition coefficient (Wildman–Crippen LogP) is 4.17. The molecule has 19 heavy (non-hydrogen) atoms. The molecular weight excluding hydrogens is 232 g/mol. The van der Waals surface area contributed by atoms with Crippen LogP contribution in [0, 0.1) is 0 Å². The molecular formula is C17H22N2. The molecule has 3 rings (SSSR count). The number of unbranched alkanes of at least 4 members (excludes halogenated alkanes) is 1. The topological polar surface area (TPSA) is 16.1 Å². The zero-order valence-electron chi connectivity index (χ0n) is 11.7. The summed E-state index contributed by atoms with van der Waals surface area (Å²) in [4.78, 5) is 7.25.